The Morgan fingerprint density at radius 2 is 2.30 bits per heavy atom. The lowest BCUT2D eigenvalue weighted by atomic mass is 10.0. The van der Waals surface area contributed by atoms with Crippen LogP contribution in [-0.2, 0) is 14.3 Å². The van der Waals surface area contributed by atoms with Crippen LogP contribution in [0.15, 0.2) is 22.7 Å². The largest absolute Gasteiger partial charge is 0.496 e. The number of aliphatic carboxylic acids is 1. The summed E-state index contributed by atoms with van der Waals surface area (Å²) in [5.74, 6) is -0.375. The molecule has 0 aromatic heterocycles. The van der Waals surface area contributed by atoms with Crippen molar-refractivity contribution in [1.29, 1.82) is 0 Å². The molecule has 1 aromatic rings. The molecule has 1 aliphatic rings. The van der Waals surface area contributed by atoms with Crippen molar-refractivity contribution >= 4 is 27.8 Å². The number of benzene rings is 1. The molecule has 1 heterocycles. The van der Waals surface area contributed by atoms with Gasteiger partial charge < -0.3 is 19.9 Å². The minimum Gasteiger partial charge on any atom is -0.496 e. The van der Waals surface area contributed by atoms with Gasteiger partial charge in [-0.25, -0.2) is 4.79 Å². The molecule has 2 rings (SSSR count). The topological polar surface area (TPSA) is 84.9 Å². The minimum atomic E-state index is -1.10. The third-order valence-electron chi connectivity index (χ3n) is 3.87. The van der Waals surface area contributed by atoms with Gasteiger partial charge in [-0.3, -0.25) is 4.79 Å². The lowest BCUT2D eigenvalue weighted by molar-refractivity contribution is -0.142. The van der Waals surface area contributed by atoms with Crippen molar-refractivity contribution in [2.24, 2.45) is 5.92 Å². The van der Waals surface area contributed by atoms with Crippen molar-refractivity contribution in [2.75, 3.05) is 20.3 Å². The third-order valence-corrected chi connectivity index (χ3v) is 4.48. The smallest absolute Gasteiger partial charge is 0.330 e. The van der Waals surface area contributed by atoms with Crippen LogP contribution in [0.3, 0.4) is 0 Å². The summed E-state index contributed by atoms with van der Waals surface area (Å²) in [5.41, 5.74) is 0.489. The number of methoxy groups -OCH3 is 1. The molecule has 0 radical (unpaired) electrons. The average Bonchev–Trinajstić information content (AvgIpc) is 3.03. The summed E-state index contributed by atoms with van der Waals surface area (Å²) in [6.07, 6.45) is 1.97. The SMILES string of the molecule is COc1ccc(C(NC(=O)CCC2CCOC2)C(=O)O)cc1Br. The predicted octanol–water partition coefficient (Wildman–Crippen LogP) is 2.52. The molecule has 0 spiro atoms. The molecule has 1 aliphatic heterocycles. The highest BCUT2D eigenvalue weighted by atomic mass is 79.9. The van der Waals surface area contributed by atoms with Crippen molar-refractivity contribution in [2.45, 2.75) is 25.3 Å². The van der Waals surface area contributed by atoms with Crippen LogP contribution in [0.4, 0.5) is 0 Å². The van der Waals surface area contributed by atoms with Gasteiger partial charge in [-0.1, -0.05) is 6.07 Å². The fourth-order valence-corrected chi connectivity index (χ4v) is 3.09. The number of rotatable bonds is 7. The van der Waals surface area contributed by atoms with Crippen LogP contribution in [0.5, 0.6) is 5.75 Å². The Labute approximate surface area is 143 Å². The molecule has 2 N–H and O–H groups in total. The van der Waals surface area contributed by atoms with Crippen LogP contribution in [0.2, 0.25) is 0 Å². The number of hydrogen-bond acceptors (Lipinski definition) is 4. The number of carboxylic acids is 1. The number of carbonyl (C=O) groups excluding carboxylic acids is 1. The number of ether oxygens (including phenoxy) is 2. The fourth-order valence-electron chi connectivity index (χ4n) is 2.53. The van der Waals surface area contributed by atoms with Gasteiger partial charge in [0.15, 0.2) is 6.04 Å². The van der Waals surface area contributed by atoms with Gasteiger partial charge in [0.2, 0.25) is 5.91 Å². The summed E-state index contributed by atoms with van der Waals surface area (Å²) in [5, 5.41) is 12.0. The van der Waals surface area contributed by atoms with E-state index in [-0.39, 0.29) is 5.91 Å². The Hall–Kier alpha value is -1.60. The number of hydrogen-bond donors (Lipinski definition) is 2. The highest BCUT2D eigenvalue weighted by Gasteiger charge is 2.24. The average molecular weight is 386 g/mol. The van der Waals surface area contributed by atoms with E-state index < -0.39 is 12.0 Å². The second-order valence-electron chi connectivity index (χ2n) is 5.50. The van der Waals surface area contributed by atoms with Crippen LogP contribution in [0.1, 0.15) is 30.9 Å². The molecule has 0 bridgehead atoms. The van der Waals surface area contributed by atoms with E-state index in [4.69, 9.17) is 9.47 Å². The van der Waals surface area contributed by atoms with Crippen molar-refractivity contribution in [3.63, 3.8) is 0 Å². The summed E-state index contributed by atoms with van der Waals surface area (Å²) in [6, 6.07) is 3.86. The van der Waals surface area contributed by atoms with Gasteiger partial charge in [0.1, 0.15) is 5.75 Å². The van der Waals surface area contributed by atoms with Gasteiger partial charge in [0, 0.05) is 19.6 Å². The Kier molecular flexibility index (Phi) is 6.41. The number of amides is 1. The zero-order valence-electron chi connectivity index (χ0n) is 12.9. The molecule has 0 saturated carbocycles. The maximum absolute atomic E-state index is 12.0. The molecule has 6 nitrogen and oxygen atoms in total. The van der Waals surface area contributed by atoms with Gasteiger partial charge in [0.05, 0.1) is 11.6 Å². The van der Waals surface area contributed by atoms with E-state index in [1.807, 2.05) is 0 Å². The first-order valence-electron chi connectivity index (χ1n) is 7.44. The Morgan fingerprint density at radius 3 is 2.87 bits per heavy atom. The fraction of sp³-hybridized carbons (Fsp3) is 0.500. The normalized spacial score (nSPS) is 18.4. The van der Waals surface area contributed by atoms with E-state index in [1.54, 1.807) is 18.2 Å². The second kappa shape index (κ2) is 8.31. The van der Waals surface area contributed by atoms with Gasteiger partial charge in [0.25, 0.3) is 0 Å². The maximum atomic E-state index is 12.0. The maximum Gasteiger partial charge on any atom is 0.330 e. The summed E-state index contributed by atoms with van der Waals surface area (Å²) >= 11 is 3.32. The van der Waals surface area contributed by atoms with Gasteiger partial charge in [-0.05, 0) is 52.4 Å². The zero-order valence-corrected chi connectivity index (χ0v) is 14.5. The van der Waals surface area contributed by atoms with Crippen LogP contribution >= 0.6 is 15.9 Å². The number of carboxylic acid groups (broad SMARTS) is 1. The van der Waals surface area contributed by atoms with E-state index in [2.05, 4.69) is 21.2 Å². The zero-order chi connectivity index (χ0) is 16.8. The molecule has 1 saturated heterocycles. The highest BCUT2D eigenvalue weighted by molar-refractivity contribution is 9.10. The molecule has 1 aromatic carbocycles. The molecule has 7 heteroatoms. The minimum absolute atomic E-state index is 0.267. The highest BCUT2D eigenvalue weighted by Crippen LogP contribution is 2.28. The van der Waals surface area contributed by atoms with E-state index in [1.165, 1.54) is 7.11 Å². The van der Waals surface area contributed by atoms with Crippen LogP contribution < -0.4 is 10.1 Å². The molecule has 2 atom stereocenters. The quantitative estimate of drug-likeness (QED) is 0.752. The second-order valence-corrected chi connectivity index (χ2v) is 6.36. The third kappa shape index (κ3) is 4.94. The van der Waals surface area contributed by atoms with Crippen LogP contribution in [0.25, 0.3) is 0 Å². The number of nitrogens with one attached hydrogen (secondary N) is 1. The number of halogens is 1. The van der Waals surface area contributed by atoms with Crippen LogP contribution in [-0.4, -0.2) is 37.3 Å². The Morgan fingerprint density at radius 1 is 1.52 bits per heavy atom. The van der Waals surface area contributed by atoms with Gasteiger partial charge in [-0.15, -0.1) is 0 Å². The standard InChI is InChI=1S/C16H20BrNO5/c1-22-13-4-3-11(8-12(13)17)15(16(20)21)18-14(19)5-2-10-6-7-23-9-10/h3-4,8,10,15H,2,5-7,9H2,1H3,(H,18,19)(H,20,21). The monoisotopic (exact) mass is 385 g/mol. The molecule has 1 fully saturated rings. The van der Waals surface area contributed by atoms with E-state index in [0.29, 0.717) is 41.2 Å². The first-order valence-corrected chi connectivity index (χ1v) is 8.24. The Balaban J connectivity index is 1.99. The van der Waals surface area contributed by atoms with Crippen molar-refractivity contribution in [3.8, 4) is 5.75 Å². The van der Waals surface area contributed by atoms with E-state index in [0.717, 1.165) is 13.0 Å². The molecular weight excluding hydrogens is 366 g/mol. The Bertz CT molecular complexity index is 572. The first kappa shape index (κ1) is 17.7. The summed E-state index contributed by atoms with van der Waals surface area (Å²) in [6.45, 7) is 1.42. The molecule has 2 unspecified atom stereocenters. The lowest BCUT2D eigenvalue weighted by Crippen LogP contribution is -2.33. The van der Waals surface area contributed by atoms with Crippen molar-refractivity contribution in [3.05, 3.63) is 28.2 Å². The molecule has 126 valence electrons. The van der Waals surface area contributed by atoms with Gasteiger partial charge in [-0.2, -0.15) is 0 Å². The lowest BCUT2D eigenvalue weighted by Gasteiger charge is -2.16. The van der Waals surface area contributed by atoms with E-state index in [9.17, 15) is 14.7 Å². The van der Waals surface area contributed by atoms with Crippen LogP contribution in [0, 0.1) is 5.92 Å². The molecule has 0 aliphatic carbocycles. The summed E-state index contributed by atoms with van der Waals surface area (Å²) < 4.78 is 11.0. The number of carbonyl (C=O) groups is 2. The first-order chi connectivity index (χ1) is 11.0. The summed E-state index contributed by atoms with van der Waals surface area (Å²) in [4.78, 5) is 23.5. The van der Waals surface area contributed by atoms with Crippen molar-refractivity contribution < 1.29 is 24.2 Å². The van der Waals surface area contributed by atoms with E-state index >= 15 is 0 Å². The van der Waals surface area contributed by atoms with Gasteiger partial charge >= 0.3 is 5.97 Å². The molecule has 1 amide bonds. The molecule has 23 heavy (non-hydrogen) atoms. The van der Waals surface area contributed by atoms with Crippen molar-refractivity contribution in [1.82, 2.24) is 5.32 Å². The summed E-state index contributed by atoms with van der Waals surface area (Å²) in [7, 11) is 1.53. The molecular formula is C16H20BrNO5. The predicted molar refractivity (Wildman–Crippen MR) is 87.4 cm³/mol.